The van der Waals surface area contributed by atoms with Crippen molar-refractivity contribution >= 4 is 51.5 Å². The minimum absolute atomic E-state index is 0. The Morgan fingerprint density at radius 2 is 2.14 bits per heavy atom. The minimum Gasteiger partial charge on any atom is -0.340 e. The normalized spacial score (nSPS) is 16.6. The second-order valence-corrected chi connectivity index (χ2v) is 7.19. The molecule has 118 valence electrons. The van der Waals surface area contributed by atoms with Crippen molar-refractivity contribution in [2.45, 2.75) is 19.4 Å². The first-order chi connectivity index (χ1) is 9.58. The molecule has 8 heteroatoms. The molecular weight excluding hydrogens is 378 g/mol. The predicted molar refractivity (Wildman–Crippen MR) is 90.3 cm³/mol. The van der Waals surface area contributed by atoms with Crippen LogP contribution in [-0.2, 0) is 4.79 Å². The molecule has 1 aliphatic rings. The van der Waals surface area contributed by atoms with E-state index in [-0.39, 0.29) is 24.2 Å². The monoisotopic (exact) mass is 395 g/mol. The summed E-state index contributed by atoms with van der Waals surface area (Å²) in [5.41, 5.74) is 0. The largest absolute Gasteiger partial charge is 0.340 e. The summed E-state index contributed by atoms with van der Waals surface area (Å²) in [6, 6.07) is 3.07. The third-order valence-corrected chi connectivity index (χ3v) is 4.79. The molecule has 2 rings (SSSR count). The zero-order valence-electron chi connectivity index (χ0n) is 11.7. The van der Waals surface area contributed by atoms with E-state index >= 15 is 0 Å². The fourth-order valence-corrected chi connectivity index (χ4v) is 3.40. The highest BCUT2D eigenvalue weighted by atomic mass is 79.9. The number of thiophene rings is 1. The van der Waals surface area contributed by atoms with Gasteiger partial charge in [-0.25, -0.2) is 0 Å². The van der Waals surface area contributed by atoms with Gasteiger partial charge in [0.05, 0.1) is 8.66 Å². The van der Waals surface area contributed by atoms with Crippen LogP contribution < -0.4 is 10.6 Å². The molecule has 2 amide bonds. The van der Waals surface area contributed by atoms with Crippen molar-refractivity contribution in [3.05, 3.63) is 20.8 Å². The van der Waals surface area contributed by atoms with Gasteiger partial charge in [0.25, 0.3) is 5.91 Å². The molecule has 1 atom stereocenters. The van der Waals surface area contributed by atoms with Gasteiger partial charge in [-0.3, -0.25) is 9.59 Å². The Bertz CT molecular complexity index is 490. The van der Waals surface area contributed by atoms with Gasteiger partial charge in [-0.05, 0) is 48.0 Å². The van der Waals surface area contributed by atoms with Crippen molar-refractivity contribution in [2.75, 3.05) is 26.2 Å². The summed E-state index contributed by atoms with van der Waals surface area (Å²) in [5.74, 6) is -0.216. The average molecular weight is 397 g/mol. The number of carbonyl (C=O) groups is 2. The van der Waals surface area contributed by atoms with Crippen LogP contribution in [0.25, 0.3) is 0 Å². The summed E-state index contributed by atoms with van der Waals surface area (Å²) in [6.45, 7) is 4.93. The molecule has 5 nitrogen and oxygen atoms in total. The van der Waals surface area contributed by atoms with Gasteiger partial charge in [-0.15, -0.1) is 23.7 Å². The number of amides is 2. The molecule has 1 fully saturated rings. The first-order valence-corrected chi connectivity index (χ1v) is 8.24. The number of halogens is 2. The predicted octanol–water partition coefficient (Wildman–Crippen LogP) is 1.87. The van der Waals surface area contributed by atoms with E-state index in [1.807, 2.05) is 11.0 Å². The summed E-state index contributed by atoms with van der Waals surface area (Å²) in [6.07, 6.45) is 0.949. The van der Waals surface area contributed by atoms with E-state index < -0.39 is 6.04 Å². The van der Waals surface area contributed by atoms with E-state index in [1.54, 1.807) is 13.0 Å². The molecule has 2 heterocycles. The molecule has 0 radical (unpaired) electrons. The van der Waals surface area contributed by atoms with Gasteiger partial charge in [0.2, 0.25) is 5.91 Å². The highest BCUT2D eigenvalue weighted by molar-refractivity contribution is 9.11. The lowest BCUT2D eigenvalue weighted by Crippen LogP contribution is -2.47. The highest BCUT2D eigenvalue weighted by Gasteiger charge is 2.23. The maximum absolute atomic E-state index is 12.3. The van der Waals surface area contributed by atoms with Crippen LogP contribution in [0.3, 0.4) is 0 Å². The molecule has 2 N–H and O–H groups in total. The molecule has 0 bridgehead atoms. The Hall–Kier alpha value is -0.630. The van der Waals surface area contributed by atoms with E-state index in [9.17, 15) is 9.59 Å². The van der Waals surface area contributed by atoms with Crippen molar-refractivity contribution in [1.29, 1.82) is 0 Å². The number of rotatable bonds is 3. The van der Waals surface area contributed by atoms with Crippen LogP contribution in [0.4, 0.5) is 0 Å². The van der Waals surface area contributed by atoms with Gasteiger partial charge >= 0.3 is 0 Å². The quantitative estimate of drug-likeness (QED) is 0.820. The van der Waals surface area contributed by atoms with Gasteiger partial charge in [-0.1, -0.05) is 0 Å². The maximum atomic E-state index is 12.3. The third kappa shape index (κ3) is 5.25. The van der Waals surface area contributed by atoms with Crippen molar-refractivity contribution in [2.24, 2.45) is 0 Å². The van der Waals surface area contributed by atoms with E-state index in [1.165, 1.54) is 11.3 Å². The van der Waals surface area contributed by atoms with Crippen molar-refractivity contribution in [1.82, 2.24) is 15.5 Å². The number of nitrogens with zero attached hydrogens (tertiary/aromatic N) is 1. The molecule has 0 saturated carbocycles. The fraction of sp³-hybridized carbons (Fsp3) is 0.538. The van der Waals surface area contributed by atoms with Crippen LogP contribution in [0.2, 0.25) is 0 Å². The smallest absolute Gasteiger partial charge is 0.262 e. The van der Waals surface area contributed by atoms with Crippen molar-refractivity contribution in [3.63, 3.8) is 0 Å². The Balaban J connectivity index is 0.00000220. The lowest BCUT2D eigenvalue weighted by atomic mass is 10.2. The fourth-order valence-electron chi connectivity index (χ4n) is 2.11. The van der Waals surface area contributed by atoms with Gasteiger partial charge in [-0.2, -0.15) is 0 Å². The average Bonchev–Trinajstić information content (AvgIpc) is 2.70. The van der Waals surface area contributed by atoms with E-state index in [2.05, 4.69) is 26.6 Å². The molecule has 0 spiro atoms. The summed E-state index contributed by atoms with van der Waals surface area (Å²) >= 11 is 4.68. The lowest BCUT2D eigenvalue weighted by molar-refractivity contribution is -0.132. The number of hydrogen-bond donors (Lipinski definition) is 2. The number of carbonyl (C=O) groups excluding carboxylic acids is 2. The Morgan fingerprint density at radius 1 is 1.38 bits per heavy atom. The van der Waals surface area contributed by atoms with Crippen LogP contribution in [0.5, 0.6) is 0 Å². The van der Waals surface area contributed by atoms with Gasteiger partial charge in [0.1, 0.15) is 6.04 Å². The summed E-state index contributed by atoms with van der Waals surface area (Å²) < 4.78 is 0.903. The standard InChI is InChI=1S/C13H18BrN3O2S.ClH/c1-9(13(19)17-7-2-5-15-6-8-17)16-12(18)10-3-4-11(14)20-10;/h3-4,9,15H,2,5-8H2,1H3,(H,16,18);1H. The summed E-state index contributed by atoms with van der Waals surface area (Å²) in [7, 11) is 0. The zero-order valence-corrected chi connectivity index (χ0v) is 14.9. The van der Waals surface area contributed by atoms with E-state index in [0.29, 0.717) is 11.4 Å². The maximum Gasteiger partial charge on any atom is 0.262 e. The first kappa shape index (κ1) is 18.4. The molecule has 21 heavy (non-hydrogen) atoms. The van der Waals surface area contributed by atoms with Crippen LogP contribution in [0.15, 0.2) is 15.9 Å². The highest BCUT2D eigenvalue weighted by Crippen LogP contribution is 2.21. The molecule has 1 aliphatic heterocycles. The molecule has 1 aromatic heterocycles. The molecule has 0 aliphatic carbocycles. The Labute approximate surface area is 143 Å². The van der Waals surface area contributed by atoms with Gasteiger partial charge in [0.15, 0.2) is 0 Å². The number of nitrogens with one attached hydrogen (secondary N) is 2. The van der Waals surface area contributed by atoms with E-state index in [4.69, 9.17) is 0 Å². The first-order valence-electron chi connectivity index (χ1n) is 6.63. The second-order valence-electron chi connectivity index (χ2n) is 4.73. The van der Waals surface area contributed by atoms with E-state index in [0.717, 1.165) is 29.8 Å². The van der Waals surface area contributed by atoms with Crippen LogP contribution in [0, 0.1) is 0 Å². The molecule has 1 aromatic rings. The minimum atomic E-state index is -0.499. The van der Waals surface area contributed by atoms with Crippen molar-refractivity contribution < 1.29 is 9.59 Å². The molecular formula is C13H19BrClN3O2S. The summed E-state index contributed by atoms with van der Waals surface area (Å²) in [5, 5.41) is 6.02. The molecule has 1 unspecified atom stereocenters. The van der Waals surface area contributed by atoms with Gasteiger partial charge in [0, 0.05) is 19.6 Å². The van der Waals surface area contributed by atoms with Crippen LogP contribution in [0.1, 0.15) is 23.0 Å². The topological polar surface area (TPSA) is 61.4 Å². The van der Waals surface area contributed by atoms with Gasteiger partial charge < -0.3 is 15.5 Å². The van der Waals surface area contributed by atoms with Crippen LogP contribution in [-0.4, -0.2) is 48.9 Å². The molecule has 1 saturated heterocycles. The summed E-state index contributed by atoms with van der Waals surface area (Å²) in [4.78, 5) is 26.7. The lowest BCUT2D eigenvalue weighted by Gasteiger charge is -2.24. The SMILES string of the molecule is CC(NC(=O)c1ccc(Br)s1)C(=O)N1CCCNCC1.Cl. The third-order valence-electron chi connectivity index (χ3n) is 3.17. The van der Waals surface area contributed by atoms with Crippen LogP contribution >= 0.6 is 39.7 Å². The van der Waals surface area contributed by atoms with Crippen molar-refractivity contribution in [3.8, 4) is 0 Å². The molecule has 0 aromatic carbocycles. The Morgan fingerprint density at radius 3 is 2.81 bits per heavy atom. The second kappa shape index (κ2) is 8.73. The number of hydrogen-bond acceptors (Lipinski definition) is 4. The zero-order chi connectivity index (χ0) is 14.5. The Kier molecular flexibility index (Phi) is 7.65.